The summed E-state index contributed by atoms with van der Waals surface area (Å²) in [4.78, 5) is 13.1. The number of fused-ring (bicyclic) bond motifs is 1. The maximum Gasteiger partial charge on any atom is 0.251 e. The van der Waals surface area contributed by atoms with Crippen LogP contribution in [-0.2, 0) is 5.75 Å². The molecule has 0 aliphatic rings. The molecule has 0 fully saturated rings. The third-order valence-corrected chi connectivity index (χ3v) is 7.37. The zero-order valence-electron chi connectivity index (χ0n) is 19.7. The summed E-state index contributed by atoms with van der Waals surface area (Å²) in [6.07, 6.45) is 0. The van der Waals surface area contributed by atoms with Crippen molar-refractivity contribution in [1.82, 2.24) is 20.1 Å². The van der Waals surface area contributed by atoms with E-state index >= 15 is 0 Å². The fourth-order valence-electron chi connectivity index (χ4n) is 3.95. The van der Waals surface area contributed by atoms with E-state index in [9.17, 15) is 9.18 Å². The van der Waals surface area contributed by atoms with E-state index in [4.69, 9.17) is 23.2 Å². The van der Waals surface area contributed by atoms with Gasteiger partial charge in [-0.3, -0.25) is 9.36 Å². The molecular formula is C28H21Cl2FN4OS. The molecule has 5 nitrogen and oxygen atoms in total. The first-order valence-corrected chi connectivity index (χ1v) is 13.2. The maximum absolute atomic E-state index is 13.3. The second-order valence-electron chi connectivity index (χ2n) is 8.44. The minimum atomic E-state index is -0.488. The topological polar surface area (TPSA) is 59.8 Å². The first-order chi connectivity index (χ1) is 17.9. The lowest BCUT2D eigenvalue weighted by atomic mass is 10.1. The second-order valence-corrected chi connectivity index (χ2v) is 10.2. The Morgan fingerprint density at radius 2 is 1.73 bits per heavy atom. The Bertz CT molecular complexity index is 1590. The average molecular weight is 551 g/mol. The van der Waals surface area contributed by atoms with E-state index < -0.39 is 6.04 Å². The Kier molecular flexibility index (Phi) is 7.46. The number of thioether (sulfide) groups is 1. The van der Waals surface area contributed by atoms with Gasteiger partial charge in [-0.1, -0.05) is 77.4 Å². The van der Waals surface area contributed by atoms with E-state index in [1.807, 2.05) is 47.9 Å². The quantitative estimate of drug-likeness (QED) is 0.211. The van der Waals surface area contributed by atoms with Crippen molar-refractivity contribution in [2.24, 2.45) is 0 Å². The maximum atomic E-state index is 13.3. The van der Waals surface area contributed by atoms with Crippen molar-refractivity contribution in [2.75, 3.05) is 0 Å². The molecule has 1 atom stereocenters. The summed E-state index contributed by atoms with van der Waals surface area (Å²) in [5.41, 5.74) is 2.12. The van der Waals surface area contributed by atoms with E-state index in [-0.39, 0.29) is 11.7 Å². The van der Waals surface area contributed by atoms with E-state index in [2.05, 4.69) is 15.5 Å². The largest absolute Gasteiger partial charge is 0.342 e. The third-order valence-electron chi connectivity index (χ3n) is 5.84. The first-order valence-electron chi connectivity index (χ1n) is 11.5. The number of halogens is 3. The summed E-state index contributed by atoms with van der Waals surface area (Å²) in [6, 6.07) is 24.5. The highest BCUT2D eigenvalue weighted by molar-refractivity contribution is 7.98. The molecule has 9 heteroatoms. The molecule has 0 saturated heterocycles. The molecule has 186 valence electrons. The van der Waals surface area contributed by atoms with Crippen LogP contribution in [0.25, 0.3) is 16.5 Å². The van der Waals surface area contributed by atoms with Gasteiger partial charge in [0, 0.05) is 16.3 Å². The summed E-state index contributed by atoms with van der Waals surface area (Å²) < 4.78 is 15.1. The van der Waals surface area contributed by atoms with Gasteiger partial charge in [0.25, 0.3) is 5.91 Å². The molecule has 37 heavy (non-hydrogen) atoms. The van der Waals surface area contributed by atoms with E-state index in [1.165, 1.54) is 23.9 Å². The van der Waals surface area contributed by atoms with Crippen LogP contribution in [0.3, 0.4) is 0 Å². The Labute approximate surface area is 227 Å². The smallest absolute Gasteiger partial charge is 0.251 e. The fourth-order valence-corrected chi connectivity index (χ4v) is 5.35. The van der Waals surface area contributed by atoms with Crippen molar-refractivity contribution in [2.45, 2.75) is 23.9 Å². The molecular weight excluding hydrogens is 530 g/mol. The summed E-state index contributed by atoms with van der Waals surface area (Å²) in [5, 5.41) is 15.4. The second kappa shape index (κ2) is 10.9. The zero-order valence-corrected chi connectivity index (χ0v) is 22.0. The van der Waals surface area contributed by atoms with Crippen LogP contribution >= 0.6 is 35.0 Å². The van der Waals surface area contributed by atoms with Crippen LogP contribution in [0.15, 0.2) is 90.1 Å². The van der Waals surface area contributed by atoms with Crippen LogP contribution in [0.1, 0.15) is 34.7 Å². The molecule has 1 amide bonds. The first kappa shape index (κ1) is 25.3. The van der Waals surface area contributed by atoms with Crippen LogP contribution in [-0.4, -0.2) is 20.7 Å². The molecule has 0 saturated carbocycles. The predicted octanol–water partition coefficient (Wildman–Crippen LogP) is 7.65. The van der Waals surface area contributed by atoms with Gasteiger partial charge in [0.05, 0.1) is 16.8 Å². The van der Waals surface area contributed by atoms with Gasteiger partial charge in [0.1, 0.15) is 5.82 Å². The van der Waals surface area contributed by atoms with Gasteiger partial charge in [-0.15, -0.1) is 10.2 Å². The van der Waals surface area contributed by atoms with Crippen LogP contribution < -0.4 is 5.32 Å². The highest BCUT2D eigenvalue weighted by Gasteiger charge is 2.23. The number of hydrogen-bond donors (Lipinski definition) is 1. The minimum absolute atomic E-state index is 0.226. The van der Waals surface area contributed by atoms with Gasteiger partial charge in [-0.25, -0.2) is 4.39 Å². The standard InChI is InChI=1S/C28H21Cl2FN4OS/c1-17(32-27(36)21-9-8-19-4-2-3-5-20(19)14-21)26-33-34-28(37-16-18-6-11-23(31)12-7-18)35(26)25-13-10-22(29)15-24(25)30/h2-15,17H,16H2,1H3,(H,32,36). The van der Waals surface area contributed by atoms with Crippen molar-refractivity contribution in [1.29, 1.82) is 0 Å². The molecule has 5 aromatic rings. The summed E-state index contributed by atoms with van der Waals surface area (Å²) >= 11 is 14.1. The molecule has 0 bridgehead atoms. The number of amides is 1. The van der Waals surface area contributed by atoms with E-state index in [0.717, 1.165) is 16.3 Å². The molecule has 1 unspecified atom stereocenters. The number of carbonyl (C=O) groups is 1. The summed E-state index contributed by atoms with van der Waals surface area (Å²) in [6.45, 7) is 1.84. The van der Waals surface area contributed by atoms with Gasteiger partial charge in [0.2, 0.25) is 0 Å². The van der Waals surface area contributed by atoms with Crippen molar-refractivity contribution >= 4 is 51.6 Å². The number of nitrogens with zero attached hydrogens (tertiary/aromatic N) is 3. The number of rotatable bonds is 7. The van der Waals surface area contributed by atoms with Crippen LogP contribution in [0.4, 0.5) is 4.39 Å². The average Bonchev–Trinajstić information content (AvgIpc) is 3.32. The monoisotopic (exact) mass is 550 g/mol. The highest BCUT2D eigenvalue weighted by Crippen LogP contribution is 2.32. The van der Waals surface area contributed by atoms with Gasteiger partial charge < -0.3 is 5.32 Å². The van der Waals surface area contributed by atoms with Crippen molar-refractivity contribution < 1.29 is 9.18 Å². The van der Waals surface area contributed by atoms with Crippen molar-refractivity contribution in [3.8, 4) is 5.69 Å². The molecule has 0 aliphatic carbocycles. The van der Waals surface area contributed by atoms with Gasteiger partial charge in [0.15, 0.2) is 11.0 Å². The SMILES string of the molecule is CC(NC(=O)c1ccc2ccccc2c1)c1nnc(SCc2ccc(F)cc2)n1-c1ccc(Cl)cc1Cl. The fraction of sp³-hybridized carbons (Fsp3) is 0.107. The van der Waals surface area contributed by atoms with Crippen LogP contribution in [0.2, 0.25) is 10.0 Å². The Morgan fingerprint density at radius 1 is 0.973 bits per heavy atom. The molecule has 5 rings (SSSR count). The lowest BCUT2D eigenvalue weighted by Crippen LogP contribution is -2.28. The Balaban J connectivity index is 1.45. The lowest BCUT2D eigenvalue weighted by molar-refractivity contribution is 0.0938. The van der Waals surface area contributed by atoms with Gasteiger partial charge in [-0.05, 0) is 65.7 Å². The molecule has 1 heterocycles. The van der Waals surface area contributed by atoms with Crippen LogP contribution in [0.5, 0.6) is 0 Å². The Hall–Kier alpha value is -3.39. The highest BCUT2D eigenvalue weighted by atomic mass is 35.5. The summed E-state index contributed by atoms with van der Waals surface area (Å²) in [7, 11) is 0. The number of hydrogen-bond acceptors (Lipinski definition) is 4. The molecule has 0 radical (unpaired) electrons. The van der Waals surface area contributed by atoms with Gasteiger partial charge >= 0.3 is 0 Å². The molecule has 0 spiro atoms. The lowest BCUT2D eigenvalue weighted by Gasteiger charge is -2.17. The molecule has 4 aromatic carbocycles. The van der Waals surface area contributed by atoms with Crippen molar-refractivity contribution in [3.63, 3.8) is 0 Å². The third kappa shape index (κ3) is 5.64. The van der Waals surface area contributed by atoms with Crippen LogP contribution in [0, 0.1) is 5.82 Å². The summed E-state index contributed by atoms with van der Waals surface area (Å²) in [5.74, 6) is 0.542. The molecule has 1 N–H and O–H groups in total. The van der Waals surface area contributed by atoms with Crippen molar-refractivity contribution in [3.05, 3.63) is 118 Å². The normalized spacial score (nSPS) is 12.0. The number of benzene rings is 4. The number of nitrogens with one attached hydrogen (secondary N) is 1. The Morgan fingerprint density at radius 3 is 2.49 bits per heavy atom. The van der Waals surface area contributed by atoms with E-state index in [0.29, 0.717) is 38.0 Å². The predicted molar refractivity (Wildman–Crippen MR) is 147 cm³/mol. The molecule has 1 aromatic heterocycles. The number of carbonyl (C=O) groups excluding carboxylic acids is 1. The van der Waals surface area contributed by atoms with E-state index in [1.54, 1.807) is 36.4 Å². The van der Waals surface area contributed by atoms with Gasteiger partial charge in [-0.2, -0.15) is 0 Å². The minimum Gasteiger partial charge on any atom is -0.342 e. The zero-order chi connectivity index (χ0) is 25.9. The molecule has 0 aliphatic heterocycles. The number of aromatic nitrogens is 3.